The van der Waals surface area contributed by atoms with Gasteiger partial charge in [-0.15, -0.1) is 0 Å². The molecule has 0 radical (unpaired) electrons. The zero-order valence-electron chi connectivity index (χ0n) is 10.7. The second kappa shape index (κ2) is 5.01. The maximum Gasteiger partial charge on any atom is 0.251 e. The lowest BCUT2D eigenvalue weighted by Gasteiger charge is -2.09. The Morgan fingerprint density at radius 1 is 1.00 bits per heavy atom. The molecule has 98 valence electrons. The fraction of sp³-hybridized carbons (Fsp3) is 0. The molecule has 0 saturated heterocycles. The number of rotatable bonds is 3. The first kappa shape index (κ1) is 12.2. The molecule has 0 spiro atoms. The molecule has 0 fully saturated rings. The number of nitrogens with zero attached hydrogens (tertiary/aromatic N) is 2. The molecule has 4 nitrogen and oxygen atoms in total. The molecule has 20 heavy (non-hydrogen) atoms. The van der Waals surface area contributed by atoms with E-state index in [1.54, 1.807) is 10.9 Å². The normalized spacial score (nSPS) is 10.4. The highest BCUT2D eigenvalue weighted by atomic mass is 16.1. The number of carbonyl (C=O) groups is 1. The highest BCUT2D eigenvalue weighted by Gasteiger charge is 2.09. The smallest absolute Gasteiger partial charge is 0.251 e. The number of para-hydroxylation sites is 1. The molecule has 1 aromatic heterocycles. The van der Waals surface area contributed by atoms with Crippen LogP contribution in [0, 0.1) is 0 Å². The quantitative estimate of drug-likeness (QED) is 0.789. The Morgan fingerprint density at radius 2 is 1.70 bits per heavy atom. The van der Waals surface area contributed by atoms with Crippen LogP contribution in [-0.2, 0) is 0 Å². The van der Waals surface area contributed by atoms with Crippen molar-refractivity contribution in [1.82, 2.24) is 9.78 Å². The Kier molecular flexibility index (Phi) is 3.05. The second-order valence-electron chi connectivity index (χ2n) is 4.42. The number of primary amides is 1. The van der Waals surface area contributed by atoms with Crippen molar-refractivity contribution in [2.24, 2.45) is 5.73 Å². The summed E-state index contributed by atoms with van der Waals surface area (Å²) in [4.78, 5) is 11.2. The summed E-state index contributed by atoms with van der Waals surface area (Å²) in [5.74, 6) is -0.478. The van der Waals surface area contributed by atoms with Gasteiger partial charge in [0.1, 0.15) is 0 Å². The van der Waals surface area contributed by atoms with Crippen molar-refractivity contribution < 1.29 is 4.79 Å². The number of hydrogen-bond acceptors (Lipinski definition) is 2. The predicted octanol–water partition coefficient (Wildman–Crippen LogP) is 2.64. The van der Waals surface area contributed by atoms with Crippen LogP contribution < -0.4 is 5.73 Å². The topological polar surface area (TPSA) is 60.9 Å². The molecule has 0 atom stereocenters. The Labute approximate surface area is 116 Å². The van der Waals surface area contributed by atoms with Crippen molar-refractivity contribution in [2.45, 2.75) is 0 Å². The number of amides is 1. The molecule has 0 bridgehead atoms. The van der Waals surface area contributed by atoms with E-state index in [-0.39, 0.29) is 0 Å². The monoisotopic (exact) mass is 263 g/mol. The van der Waals surface area contributed by atoms with Gasteiger partial charge in [0.2, 0.25) is 0 Å². The van der Waals surface area contributed by atoms with Gasteiger partial charge in [0.15, 0.2) is 0 Å². The summed E-state index contributed by atoms with van der Waals surface area (Å²) in [6.45, 7) is 0. The van der Waals surface area contributed by atoms with E-state index in [1.807, 2.05) is 54.6 Å². The van der Waals surface area contributed by atoms with Crippen molar-refractivity contribution in [3.05, 3.63) is 72.6 Å². The first-order valence-corrected chi connectivity index (χ1v) is 6.25. The third-order valence-corrected chi connectivity index (χ3v) is 3.10. The molecule has 4 heteroatoms. The van der Waals surface area contributed by atoms with Gasteiger partial charge in [-0.05, 0) is 11.6 Å². The number of hydrogen-bond donors (Lipinski definition) is 1. The van der Waals surface area contributed by atoms with Gasteiger partial charge in [0.05, 0.1) is 17.4 Å². The van der Waals surface area contributed by atoms with Gasteiger partial charge in [-0.25, -0.2) is 4.68 Å². The van der Waals surface area contributed by atoms with Gasteiger partial charge in [-0.2, -0.15) is 5.10 Å². The summed E-state index contributed by atoms with van der Waals surface area (Å²) >= 11 is 0. The van der Waals surface area contributed by atoms with Crippen molar-refractivity contribution >= 4 is 5.91 Å². The number of carbonyl (C=O) groups excluding carboxylic acids is 1. The maximum atomic E-state index is 11.2. The van der Waals surface area contributed by atoms with Crippen LogP contribution in [0.3, 0.4) is 0 Å². The van der Waals surface area contributed by atoms with Gasteiger partial charge in [0.25, 0.3) is 5.91 Å². The summed E-state index contributed by atoms with van der Waals surface area (Å²) in [5.41, 5.74) is 8.71. The Bertz CT molecular complexity index is 747. The summed E-state index contributed by atoms with van der Waals surface area (Å²) in [5, 5.41) is 4.21. The predicted molar refractivity (Wildman–Crippen MR) is 77.5 cm³/mol. The molecular weight excluding hydrogens is 250 g/mol. The van der Waals surface area contributed by atoms with E-state index < -0.39 is 5.91 Å². The lowest BCUT2D eigenvalue weighted by Crippen LogP contribution is -2.09. The highest BCUT2D eigenvalue weighted by Crippen LogP contribution is 2.26. The zero-order valence-corrected chi connectivity index (χ0v) is 10.7. The summed E-state index contributed by atoms with van der Waals surface area (Å²) in [6.07, 6.45) is 3.12. The fourth-order valence-electron chi connectivity index (χ4n) is 2.12. The van der Waals surface area contributed by atoms with Crippen LogP contribution in [0.5, 0.6) is 0 Å². The number of nitrogens with two attached hydrogens (primary N) is 1. The Hall–Kier alpha value is -2.88. The number of benzene rings is 2. The standard InChI is InChI=1S/C16H13N3O/c17-16(20)13-10-18-19(11-13)15-9-5-4-8-14(15)12-6-2-1-3-7-12/h1-11H,(H2,17,20). The fourth-order valence-corrected chi connectivity index (χ4v) is 2.12. The molecular formula is C16H13N3O. The molecule has 3 aromatic rings. The molecule has 0 aliphatic rings. The van der Waals surface area contributed by atoms with Gasteiger partial charge in [0, 0.05) is 11.8 Å². The number of aromatic nitrogens is 2. The largest absolute Gasteiger partial charge is 0.366 e. The Morgan fingerprint density at radius 3 is 2.40 bits per heavy atom. The summed E-state index contributed by atoms with van der Waals surface area (Å²) < 4.78 is 1.67. The van der Waals surface area contributed by atoms with Crippen LogP contribution in [0.4, 0.5) is 0 Å². The Balaban J connectivity index is 2.12. The average molecular weight is 263 g/mol. The van der Waals surface area contributed by atoms with Gasteiger partial charge in [-0.1, -0.05) is 48.5 Å². The zero-order chi connectivity index (χ0) is 13.9. The molecule has 0 saturated carbocycles. The minimum Gasteiger partial charge on any atom is -0.366 e. The third-order valence-electron chi connectivity index (χ3n) is 3.10. The lowest BCUT2D eigenvalue weighted by molar-refractivity contribution is 0.100. The van der Waals surface area contributed by atoms with E-state index in [1.165, 1.54) is 6.20 Å². The minimum atomic E-state index is -0.478. The molecule has 0 aliphatic carbocycles. The third kappa shape index (κ3) is 2.19. The molecule has 2 N–H and O–H groups in total. The molecule has 0 unspecified atom stereocenters. The average Bonchev–Trinajstić information content (AvgIpc) is 2.98. The van der Waals surface area contributed by atoms with E-state index in [9.17, 15) is 4.79 Å². The van der Waals surface area contributed by atoms with Gasteiger partial charge < -0.3 is 5.73 Å². The van der Waals surface area contributed by atoms with Crippen molar-refractivity contribution in [3.8, 4) is 16.8 Å². The van der Waals surface area contributed by atoms with Crippen molar-refractivity contribution in [1.29, 1.82) is 0 Å². The molecule has 1 heterocycles. The van der Waals surface area contributed by atoms with Crippen LogP contribution in [0.25, 0.3) is 16.8 Å². The molecule has 2 aromatic carbocycles. The van der Waals surface area contributed by atoms with Crippen LogP contribution in [0.1, 0.15) is 10.4 Å². The van der Waals surface area contributed by atoms with Gasteiger partial charge >= 0.3 is 0 Å². The van der Waals surface area contributed by atoms with Crippen LogP contribution in [0.15, 0.2) is 67.0 Å². The lowest BCUT2D eigenvalue weighted by atomic mass is 10.0. The van der Waals surface area contributed by atoms with Crippen molar-refractivity contribution in [2.75, 3.05) is 0 Å². The van der Waals surface area contributed by atoms with E-state index in [2.05, 4.69) is 5.10 Å². The maximum absolute atomic E-state index is 11.2. The highest BCUT2D eigenvalue weighted by molar-refractivity contribution is 5.92. The van der Waals surface area contributed by atoms with Crippen LogP contribution in [0.2, 0.25) is 0 Å². The van der Waals surface area contributed by atoms with E-state index >= 15 is 0 Å². The first-order valence-electron chi connectivity index (χ1n) is 6.25. The summed E-state index contributed by atoms with van der Waals surface area (Å²) in [6, 6.07) is 17.9. The second-order valence-corrected chi connectivity index (χ2v) is 4.42. The minimum absolute atomic E-state index is 0.396. The first-order chi connectivity index (χ1) is 9.75. The van der Waals surface area contributed by atoms with E-state index in [0.29, 0.717) is 5.56 Å². The van der Waals surface area contributed by atoms with Crippen LogP contribution >= 0.6 is 0 Å². The van der Waals surface area contributed by atoms with Crippen molar-refractivity contribution in [3.63, 3.8) is 0 Å². The van der Waals surface area contributed by atoms with Gasteiger partial charge in [-0.3, -0.25) is 4.79 Å². The molecule has 1 amide bonds. The summed E-state index contributed by atoms with van der Waals surface area (Å²) in [7, 11) is 0. The molecule has 3 rings (SSSR count). The van der Waals surface area contributed by atoms with E-state index in [4.69, 9.17) is 5.73 Å². The molecule has 0 aliphatic heterocycles. The SMILES string of the molecule is NC(=O)c1cnn(-c2ccccc2-c2ccccc2)c1. The van der Waals surface area contributed by atoms with Crippen LogP contribution in [-0.4, -0.2) is 15.7 Å². The van der Waals surface area contributed by atoms with E-state index in [0.717, 1.165) is 16.8 Å².